The van der Waals surface area contributed by atoms with Gasteiger partial charge in [0.15, 0.2) is 0 Å². The highest BCUT2D eigenvalue weighted by Gasteiger charge is 2.31. The zero-order valence-corrected chi connectivity index (χ0v) is 14.8. The molecule has 0 fully saturated rings. The summed E-state index contributed by atoms with van der Waals surface area (Å²) in [5.74, 6) is 0. The van der Waals surface area contributed by atoms with Gasteiger partial charge in [-0.15, -0.1) is 0 Å². The zero-order chi connectivity index (χ0) is 16.4. The molecule has 1 aromatic carbocycles. The van der Waals surface area contributed by atoms with Crippen LogP contribution in [0.5, 0.6) is 0 Å². The fraction of sp³-hybridized carbons (Fsp3) is 0.600. The predicted octanol–water partition coefficient (Wildman–Crippen LogP) is 3.45. The minimum absolute atomic E-state index is 0.172. The van der Waals surface area contributed by atoms with E-state index in [0.29, 0.717) is 37.7 Å². The molecule has 0 aliphatic heterocycles. The average Bonchev–Trinajstić information content (AvgIpc) is 2.48. The van der Waals surface area contributed by atoms with E-state index in [9.17, 15) is 9.46 Å². The number of benzene rings is 1. The maximum Gasteiger partial charge on any atom is 0.255 e. The minimum Gasteiger partial charge on any atom is -0.345 e. The smallest absolute Gasteiger partial charge is 0.255 e. The molecule has 126 valence electrons. The first kappa shape index (κ1) is 19.6. The molecule has 0 aliphatic carbocycles. The van der Waals surface area contributed by atoms with Crippen LogP contribution >= 0.6 is 19.0 Å². The molecule has 2 N–H and O–H groups in total. The number of halogens is 1. The van der Waals surface area contributed by atoms with Gasteiger partial charge in [-0.05, 0) is 44.5 Å². The summed E-state index contributed by atoms with van der Waals surface area (Å²) in [4.78, 5) is 10.0. The van der Waals surface area contributed by atoms with E-state index in [1.807, 2.05) is 24.3 Å². The molecule has 0 radical (unpaired) electrons. The largest absolute Gasteiger partial charge is 0.345 e. The summed E-state index contributed by atoms with van der Waals surface area (Å²) in [6.07, 6.45) is 0.753. The Bertz CT molecular complexity index is 463. The normalized spacial score (nSPS) is 14.2. The van der Waals surface area contributed by atoms with Gasteiger partial charge in [-0.3, -0.25) is 4.57 Å². The van der Waals surface area contributed by atoms with Crippen LogP contribution in [0.1, 0.15) is 25.8 Å². The fourth-order valence-electron chi connectivity index (χ4n) is 1.94. The van der Waals surface area contributed by atoms with Crippen molar-refractivity contribution in [2.45, 2.75) is 32.8 Å². The molecule has 5 nitrogen and oxygen atoms in total. The van der Waals surface area contributed by atoms with Crippen molar-refractivity contribution in [3.8, 4) is 0 Å². The van der Waals surface area contributed by atoms with Gasteiger partial charge in [0.1, 0.15) is 0 Å². The molecule has 1 unspecified atom stereocenters. The first-order chi connectivity index (χ1) is 10.5. The number of hydrogen-bond donors (Lipinski definition) is 2. The van der Waals surface area contributed by atoms with Crippen molar-refractivity contribution in [3.63, 3.8) is 0 Å². The van der Waals surface area contributed by atoms with Crippen LogP contribution in [0, 0.1) is 0 Å². The lowest BCUT2D eigenvalue weighted by Crippen LogP contribution is -2.21. The van der Waals surface area contributed by atoms with Gasteiger partial charge >= 0.3 is 0 Å². The standard InChI is InChI=1S/C15H25ClNO4P/c1-3-20-15(21-4-2)22(18,19)11-5-10-17-12-13-6-8-14(16)9-7-13/h6-9,15,17H,3-5,10-12H2,1-2H3,(H,18,19). The summed E-state index contributed by atoms with van der Waals surface area (Å²) in [6.45, 7) is 5.61. The molecule has 0 aromatic heterocycles. The maximum absolute atomic E-state index is 12.2. The van der Waals surface area contributed by atoms with Gasteiger partial charge in [-0.25, -0.2) is 0 Å². The first-order valence-electron chi connectivity index (χ1n) is 7.49. The van der Waals surface area contributed by atoms with Crippen molar-refractivity contribution in [1.82, 2.24) is 5.32 Å². The van der Waals surface area contributed by atoms with Crippen LogP contribution in [-0.2, 0) is 20.6 Å². The Kier molecular flexibility index (Phi) is 9.25. The van der Waals surface area contributed by atoms with E-state index < -0.39 is 13.4 Å². The van der Waals surface area contributed by atoms with Crippen molar-refractivity contribution in [1.29, 1.82) is 0 Å². The van der Waals surface area contributed by atoms with Gasteiger partial charge in [-0.1, -0.05) is 23.7 Å². The molecule has 0 saturated heterocycles. The summed E-state index contributed by atoms with van der Waals surface area (Å²) in [6, 6.07) is 6.57. The van der Waals surface area contributed by atoms with Gasteiger partial charge in [-0.2, -0.15) is 0 Å². The molecule has 0 spiro atoms. The van der Waals surface area contributed by atoms with E-state index in [-0.39, 0.29) is 6.16 Å². The number of rotatable bonds is 11. The Labute approximate surface area is 137 Å². The van der Waals surface area contributed by atoms with Gasteiger partial charge < -0.3 is 19.7 Å². The summed E-state index contributed by atoms with van der Waals surface area (Å²) in [5, 5.41) is 3.95. The summed E-state index contributed by atoms with van der Waals surface area (Å²) < 4.78 is 22.7. The van der Waals surface area contributed by atoms with Crippen molar-refractivity contribution in [3.05, 3.63) is 34.9 Å². The van der Waals surface area contributed by atoms with E-state index in [2.05, 4.69) is 5.32 Å². The molecule has 0 saturated carbocycles. The third kappa shape index (κ3) is 7.23. The molecule has 0 heterocycles. The van der Waals surface area contributed by atoms with Crippen LogP contribution in [0.25, 0.3) is 0 Å². The van der Waals surface area contributed by atoms with Crippen molar-refractivity contribution in [2.24, 2.45) is 0 Å². The summed E-state index contributed by atoms with van der Waals surface area (Å²) in [7, 11) is -3.46. The molecule has 7 heteroatoms. The highest BCUT2D eigenvalue weighted by molar-refractivity contribution is 7.58. The lowest BCUT2D eigenvalue weighted by atomic mass is 10.2. The van der Waals surface area contributed by atoms with Crippen LogP contribution in [0.15, 0.2) is 24.3 Å². The molecule has 0 amide bonds. The monoisotopic (exact) mass is 349 g/mol. The quantitative estimate of drug-likeness (QED) is 0.364. The lowest BCUT2D eigenvalue weighted by molar-refractivity contribution is -0.0871. The van der Waals surface area contributed by atoms with Crippen LogP contribution in [0.3, 0.4) is 0 Å². The van der Waals surface area contributed by atoms with Crippen molar-refractivity contribution < 1.29 is 18.9 Å². The molecule has 1 rings (SSSR count). The minimum atomic E-state index is -3.46. The molecule has 22 heavy (non-hydrogen) atoms. The van der Waals surface area contributed by atoms with Gasteiger partial charge in [0.25, 0.3) is 7.37 Å². The summed E-state index contributed by atoms with van der Waals surface area (Å²) in [5.41, 5.74) is 1.12. The van der Waals surface area contributed by atoms with Gasteiger partial charge in [0, 0.05) is 30.9 Å². The van der Waals surface area contributed by atoms with E-state index in [0.717, 1.165) is 5.56 Å². The van der Waals surface area contributed by atoms with E-state index in [1.165, 1.54) is 0 Å². The summed E-state index contributed by atoms with van der Waals surface area (Å²) >= 11 is 5.82. The predicted molar refractivity (Wildman–Crippen MR) is 89.5 cm³/mol. The Hall–Kier alpha value is -0.420. The highest BCUT2D eigenvalue weighted by atomic mass is 35.5. The number of hydrogen-bond acceptors (Lipinski definition) is 4. The number of nitrogens with one attached hydrogen (secondary N) is 1. The Morgan fingerprint density at radius 2 is 1.82 bits per heavy atom. The average molecular weight is 350 g/mol. The molecular weight excluding hydrogens is 325 g/mol. The molecular formula is C15H25ClNO4P. The second-order valence-electron chi connectivity index (χ2n) is 4.85. The van der Waals surface area contributed by atoms with Crippen LogP contribution in [0.4, 0.5) is 0 Å². The van der Waals surface area contributed by atoms with Gasteiger partial charge in [0.05, 0.1) is 0 Å². The SMILES string of the molecule is CCOC(OCC)P(=O)(O)CCCNCc1ccc(Cl)cc1. The molecule has 1 atom stereocenters. The molecule has 0 bridgehead atoms. The second-order valence-corrected chi connectivity index (χ2v) is 7.67. The lowest BCUT2D eigenvalue weighted by Gasteiger charge is -2.22. The molecule has 0 aliphatic rings. The third-order valence-corrected chi connectivity index (χ3v) is 5.19. The van der Waals surface area contributed by atoms with Crippen LogP contribution < -0.4 is 5.32 Å². The Morgan fingerprint density at radius 1 is 1.23 bits per heavy atom. The zero-order valence-electron chi connectivity index (χ0n) is 13.1. The van der Waals surface area contributed by atoms with Crippen molar-refractivity contribution in [2.75, 3.05) is 25.9 Å². The molecule has 1 aromatic rings. The van der Waals surface area contributed by atoms with Crippen LogP contribution in [-0.4, -0.2) is 36.8 Å². The fourth-order valence-corrected chi connectivity index (χ4v) is 3.65. The highest BCUT2D eigenvalue weighted by Crippen LogP contribution is 2.47. The Morgan fingerprint density at radius 3 is 2.36 bits per heavy atom. The van der Waals surface area contributed by atoms with Crippen molar-refractivity contribution >= 4 is 19.0 Å². The maximum atomic E-state index is 12.2. The third-order valence-electron chi connectivity index (χ3n) is 3.02. The second kappa shape index (κ2) is 10.4. The van der Waals surface area contributed by atoms with E-state index >= 15 is 0 Å². The topological polar surface area (TPSA) is 67.8 Å². The van der Waals surface area contributed by atoms with E-state index in [1.54, 1.807) is 13.8 Å². The Balaban J connectivity index is 2.29. The van der Waals surface area contributed by atoms with Gasteiger partial charge in [0.2, 0.25) is 6.03 Å². The number of ether oxygens (including phenoxy) is 2. The first-order valence-corrected chi connectivity index (χ1v) is 9.78. The van der Waals surface area contributed by atoms with E-state index in [4.69, 9.17) is 21.1 Å². The van der Waals surface area contributed by atoms with Crippen LogP contribution in [0.2, 0.25) is 5.02 Å².